The summed E-state index contributed by atoms with van der Waals surface area (Å²) in [5, 5.41) is 24.2. The monoisotopic (exact) mass is 462 g/mol. The number of nitrogen functional groups attached to an aromatic ring is 2. The van der Waals surface area contributed by atoms with Crippen LogP contribution < -0.4 is 26.8 Å². The van der Waals surface area contributed by atoms with E-state index < -0.39 is 6.04 Å². The molecule has 164 valence electrons. The number of aliphatic imine (C=N–C) groups is 1. The molecule has 0 fully saturated rings. The number of nitrogens with one attached hydrogen (secondary N) is 2. The molecule has 6 N–H and O–H groups in total. The van der Waals surface area contributed by atoms with E-state index in [-0.39, 0.29) is 41.3 Å². The van der Waals surface area contributed by atoms with Crippen LogP contribution in [0, 0.1) is 28.6 Å². The molecule has 0 bridgehead atoms. The molecule has 1 aliphatic rings. The van der Waals surface area contributed by atoms with Crippen LogP contribution in [0.2, 0.25) is 5.02 Å². The van der Waals surface area contributed by atoms with E-state index in [1.54, 1.807) is 36.5 Å². The van der Waals surface area contributed by atoms with E-state index in [2.05, 4.69) is 20.6 Å². The van der Waals surface area contributed by atoms with Gasteiger partial charge in [0, 0.05) is 16.1 Å². The number of fused-ring (bicyclic) bond motifs is 1. The Hall–Kier alpha value is -4.54. The number of guanidine groups is 1. The second-order valence-electron chi connectivity index (χ2n) is 7.00. The van der Waals surface area contributed by atoms with Gasteiger partial charge in [-0.05, 0) is 35.9 Å². The zero-order valence-corrected chi connectivity index (χ0v) is 17.7. The molecule has 2 heterocycles. The van der Waals surface area contributed by atoms with Gasteiger partial charge in [0.1, 0.15) is 47.5 Å². The van der Waals surface area contributed by atoms with E-state index in [4.69, 9.17) is 33.1 Å². The van der Waals surface area contributed by atoms with E-state index in [1.165, 1.54) is 12.1 Å². The number of benzene rings is 2. The molecule has 0 saturated carbocycles. The van der Waals surface area contributed by atoms with Crippen molar-refractivity contribution in [3.63, 3.8) is 0 Å². The van der Waals surface area contributed by atoms with Crippen molar-refractivity contribution in [2.75, 3.05) is 16.8 Å². The van der Waals surface area contributed by atoms with Gasteiger partial charge in [-0.25, -0.2) is 14.4 Å². The highest BCUT2D eigenvalue weighted by molar-refractivity contribution is 6.30. The minimum Gasteiger partial charge on any atom is -0.489 e. The second-order valence-corrected chi connectivity index (χ2v) is 7.44. The molecule has 1 aliphatic heterocycles. The van der Waals surface area contributed by atoms with Crippen LogP contribution in [0.4, 0.5) is 21.7 Å². The smallest absolute Gasteiger partial charge is 0.211 e. The van der Waals surface area contributed by atoms with Gasteiger partial charge < -0.3 is 21.5 Å². The first kappa shape index (κ1) is 21.7. The summed E-state index contributed by atoms with van der Waals surface area (Å²) < 4.78 is 19.5. The first-order valence-electron chi connectivity index (χ1n) is 9.56. The lowest BCUT2D eigenvalue weighted by atomic mass is 9.94. The number of aromatic nitrogens is 1. The molecule has 1 unspecified atom stereocenters. The fourth-order valence-electron chi connectivity index (χ4n) is 3.46. The van der Waals surface area contributed by atoms with Crippen LogP contribution in [-0.4, -0.2) is 10.9 Å². The van der Waals surface area contributed by atoms with E-state index in [1.807, 2.05) is 6.07 Å². The standard InChI is InChI=1S/C22H16ClFN8O/c23-12-4-5-16(33-9-11-2-1-3-13(24)6-11)14(7-12)19-17-18(27)15(8-25)20(28)31-21(17)32-22(30-19)29-10-26/h1-7,19H,9H2,(H6,27,28,29,30,31,32). The number of nitriles is 2. The highest BCUT2D eigenvalue weighted by Crippen LogP contribution is 2.44. The Bertz CT molecular complexity index is 1360. The van der Waals surface area contributed by atoms with Gasteiger partial charge in [0.05, 0.1) is 5.69 Å². The normalized spacial score (nSPS) is 14.2. The van der Waals surface area contributed by atoms with Crippen LogP contribution in [-0.2, 0) is 6.61 Å². The Morgan fingerprint density at radius 2 is 2.03 bits per heavy atom. The average molecular weight is 463 g/mol. The fourth-order valence-corrected chi connectivity index (χ4v) is 3.64. The van der Waals surface area contributed by atoms with Crippen LogP contribution >= 0.6 is 11.6 Å². The zero-order valence-electron chi connectivity index (χ0n) is 16.9. The summed E-state index contributed by atoms with van der Waals surface area (Å²) in [6.07, 6.45) is 1.79. The lowest BCUT2D eigenvalue weighted by Gasteiger charge is -2.27. The maximum Gasteiger partial charge on any atom is 0.211 e. The molecule has 0 radical (unpaired) electrons. The number of anilines is 3. The Balaban J connectivity index is 1.83. The van der Waals surface area contributed by atoms with Crippen LogP contribution in [0.15, 0.2) is 47.5 Å². The van der Waals surface area contributed by atoms with E-state index >= 15 is 0 Å². The number of halogens is 2. The van der Waals surface area contributed by atoms with E-state index in [0.29, 0.717) is 27.5 Å². The minimum atomic E-state index is -0.835. The molecular formula is C22H16ClFN8O. The maximum atomic E-state index is 13.6. The topological polar surface area (TPSA) is 158 Å². The number of nitrogens with two attached hydrogens (primary N) is 2. The van der Waals surface area contributed by atoms with E-state index in [0.717, 1.165) is 0 Å². The third kappa shape index (κ3) is 4.28. The third-order valence-electron chi connectivity index (χ3n) is 4.91. The first-order chi connectivity index (χ1) is 15.9. The SMILES string of the molecule is N#CNC1=NC(c2cc(Cl)ccc2OCc2cccc(F)c2)c2c(nc(N)c(C#N)c2N)N1. The Labute approximate surface area is 193 Å². The lowest BCUT2D eigenvalue weighted by Crippen LogP contribution is -2.32. The quantitative estimate of drug-likeness (QED) is 0.339. The molecule has 1 atom stereocenters. The fraction of sp³-hybridized carbons (Fsp3) is 0.0909. The van der Waals surface area contributed by atoms with Crippen molar-refractivity contribution < 1.29 is 9.13 Å². The molecule has 11 heteroatoms. The predicted octanol–water partition coefficient (Wildman–Crippen LogP) is 3.43. The summed E-state index contributed by atoms with van der Waals surface area (Å²) in [6, 6.07) is 12.1. The van der Waals surface area contributed by atoms with Crippen molar-refractivity contribution in [3.05, 3.63) is 75.6 Å². The van der Waals surface area contributed by atoms with Crippen LogP contribution in [0.25, 0.3) is 0 Å². The number of ether oxygens (including phenoxy) is 1. The summed E-state index contributed by atoms with van der Waals surface area (Å²) in [6.45, 7) is 0.0795. The number of rotatable bonds is 4. The molecule has 0 amide bonds. The third-order valence-corrected chi connectivity index (χ3v) is 5.14. The number of hydrogen-bond acceptors (Lipinski definition) is 9. The van der Waals surface area contributed by atoms with Gasteiger partial charge in [-0.15, -0.1) is 0 Å². The summed E-state index contributed by atoms with van der Waals surface area (Å²) >= 11 is 6.27. The second kappa shape index (κ2) is 8.91. The van der Waals surface area contributed by atoms with Crippen molar-refractivity contribution >= 4 is 34.9 Å². The number of nitrogens with zero attached hydrogens (tertiary/aromatic N) is 4. The zero-order chi connectivity index (χ0) is 23.5. The first-order valence-corrected chi connectivity index (χ1v) is 9.94. The molecule has 0 spiro atoms. The number of hydrogen-bond donors (Lipinski definition) is 4. The van der Waals surface area contributed by atoms with Gasteiger partial charge in [-0.1, -0.05) is 23.7 Å². The molecule has 0 saturated heterocycles. The van der Waals surface area contributed by atoms with Gasteiger partial charge in [0.2, 0.25) is 5.96 Å². The van der Waals surface area contributed by atoms with Gasteiger partial charge >= 0.3 is 0 Å². The largest absolute Gasteiger partial charge is 0.489 e. The van der Waals surface area contributed by atoms with Gasteiger partial charge in [0.25, 0.3) is 0 Å². The summed E-state index contributed by atoms with van der Waals surface area (Å²) in [4.78, 5) is 8.75. The lowest BCUT2D eigenvalue weighted by molar-refractivity contribution is 0.301. The summed E-state index contributed by atoms with van der Waals surface area (Å²) in [5.74, 6) is 0.292. The molecule has 2 aromatic carbocycles. The highest BCUT2D eigenvalue weighted by Gasteiger charge is 2.31. The Kier molecular flexibility index (Phi) is 5.85. The summed E-state index contributed by atoms with van der Waals surface area (Å²) in [7, 11) is 0. The van der Waals surface area contributed by atoms with Crippen molar-refractivity contribution in [2.24, 2.45) is 4.99 Å². The Morgan fingerprint density at radius 1 is 1.21 bits per heavy atom. The van der Waals surface area contributed by atoms with Crippen LogP contribution in [0.5, 0.6) is 5.75 Å². The van der Waals surface area contributed by atoms with Gasteiger partial charge in [-0.3, -0.25) is 5.32 Å². The van der Waals surface area contributed by atoms with Gasteiger partial charge in [0.15, 0.2) is 6.19 Å². The Morgan fingerprint density at radius 3 is 2.76 bits per heavy atom. The molecule has 9 nitrogen and oxygen atoms in total. The molecular weight excluding hydrogens is 447 g/mol. The van der Waals surface area contributed by atoms with E-state index in [9.17, 15) is 9.65 Å². The van der Waals surface area contributed by atoms with Crippen LogP contribution in [0.3, 0.4) is 0 Å². The van der Waals surface area contributed by atoms with Crippen molar-refractivity contribution in [1.29, 1.82) is 10.5 Å². The predicted molar refractivity (Wildman–Crippen MR) is 122 cm³/mol. The van der Waals surface area contributed by atoms with Crippen molar-refractivity contribution in [2.45, 2.75) is 12.6 Å². The molecule has 1 aromatic heterocycles. The van der Waals surface area contributed by atoms with Crippen molar-refractivity contribution in [1.82, 2.24) is 10.3 Å². The van der Waals surface area contributed by atoms with Crippen LogP contribution in [0.1, 0.15) is 28.3 Å². The molecule has 4 rings (SSSR count). The minimum absolute atomic E-state index is 0.0108. The summed E-state index contributed by atoms with van der Waals surface area (Å²) in [5.41, 5.74) is 13.8. The highest BCUT2D eigenvalue weighted by atomic mass is 35.5. The average Bonchev–Trinajstić information content (AvgIpc) is 2.78. The molecule has 0 aliphatic carbocycles. The number of pyridine rings is 1. The van der Waals surface area contributed by atoms with Gasteiger partial charge in [-0.2, -0.15) is 10.5 Å². The van der Waals surface area contributed by atoms with Crippen molar-refractivity contribution in [3.8, 4) is 18.0 Å². The molecule has 33 heavy (non-hydrogen) atoms. The molecule has 3 aromatic rings. The maximum absolute atomic E-state index is 13.6.